The Morgan fingerprint density at radius 3 is 1.26 bits per heavy atom. The lowest BCUT2D eigenvalue weighted by molar-refractivity contribution is -0.204. The van der Waals surface area contributed by atoms with Crippen LogP contribution in [0.3, 0.4) is 0 Å². The number of nitrogens with one attached hydrogen (secondary N) is 2. The second-order valence-corrected chi connectivity index (χ2v) is 11.7. The second-order valence-electron chi connectivity index (χ2n) is 9.94. The molecule has 0 saturated carbocycles. The SMILES string of the molecule is CCOC(=O)c1c(-c2ccc(C)cc2)csc1NC(=O)C(F)(F)C(F)(F)C(=O)Nc1scc(-c2ccc(C)cc2)c1C(=O)OCC. The summed E-state index contributed by atoms with van der Waals surface area (Å²) >= 11 is 1.29. The van der Waals surface area contributed by atoms with Gasteiger partial charge in [-0.25, -0.2) is 9.59 Å². The maximum atomic E-state index is 15.2. The molecule has 46 heavy (non-hydrogen) atoms. The summed E-state index contributed by atoms with van der Waals surface area (Å²) in [5.41, 5.74) is 2.59. The first-order valence-electron chi connectivity index (χ1n) is 13.8. The number of alkyl halides is 4. The molecule has 0 spiro atoms. The van der Waals surface area contributed by atoms with E-state index in [1.807, 2.05) is 13.8 Å². The average molecular weight is 677 g/mol. The molecule has 14 heteroatoms. The summed E-state index contributed by atoms with van der Waals surface area (Å²) in [6.07, 6.45) is 0. The third kappa shape index (κ3) is 6.82. The summed E-state index contributed by atoms with van der Waals surface area (Å²) in [7, 11) is 0. The van der Waals surface area contributed by atoms with Gasteiger partial charge >= 0.3 is 35.6 Å². The fourth-order valence-corrected chi connectivity index (χ4v) is 6.16. The van der Waals surface area contributed by atoms with E-state index in [9.17, 15) is 19.2 Å². The van der Waals surface area contributed by atoms with Gasteiger partial charge in [-0.3, -0.25) is 9.59 Å². The first-order valence-corrected chi connectivity index (χ1v) is 15.6. The Morgan fingerprint density at radius 2 is 0.957 bits per heavy atom. The number of anilines is 2. The van der Waals surface area contributed by atoms with Crippen molar-refractivity contribution >= 4 is 56.4 Å². The highest BCUT2D eigenvalue weighted by Crippen LogP contribution is 2.42. The Balaban J connectivity index is 1.63. The minimum absolute atomic E-state index is 0.0913. The predicted octanol–water partition coefficient (Wildman–Crippen LogP) is 7.96. The van der Waals surface area contributed by atoms with E-state index in [1.165, 1.54) is 24.6 Å². The number of esters is 2. The molecule has 0 unspecified atom stereocenters. The van der Waals surface area contributed by atoms with E-state index < -0.39 is 45.6 Å². The van der Waals surface area contributed by atoms with Crippen molar-refractivity contribution in [2.24, 2.45) is 0 Å². The molecule has 0 saturated heterocycles. The van der Waals surface area contributed by atoms with Gasteiger partial charge in [-0.15, -0.1) is 22.7 Å². The van der Waals surface area contributed by atoms with Crippen molar-refractivity contribution < 1.29 is 46.2 Å². The van der Waals surface area contributed by atoms with Crippen molar-refractivity contribution in [2.45, 2.75) is 39.5 Å². The van der Waals surface area contributed by atoms with Crippen LogP contribution in [0.15, 0.2) is 59.3 Å². The van der Waals surface area contributed by atoms with Gasteiger partial charge in [0.1, 0.15) is 21.1 Å². The summed E-state index contributed by atoms with van der Waals surface area (Å²) in [6.45, 7) is 6.48. The predicted molar refractivity (Wildman–Crippen MR) is 168 cm³/mol. The molecule has 0 aliphatic carbocycles. The summed E-state index contributed by atoms with van der Waals surface area (Å²) in [4.78, 5) is 51.0. The lowest BCUT2D eigenvalue weighted by Crippen LogP contribution is -2.56. The second kappa shape index (κ2) is 13.8. The van der Waals surface area contributed by atoms with E-state index in [4.69, 9.17) is 9.47 Å². The Kier molecular flexibility index (Phi) is 10.3. The van der Waals surface area contributed by atoms with Gasteiger partial charge in [-0.1, -0.05) is 59.7 Å². The summed E-state index contributed by atoms with van der Waals surface area (Å²) in [5, 5.41) is 5.20. The third-order valence-electron chi connectivity index (χ3n) is 6.69. The monoisotopic (exact) mass is 676 g/mol. The highest BCUT2D eigenvalue weighted by Gasteiger charge is 2.67. The molecule has 0 aliphatic heterocycles. The van der Waals surface area contributed by atoms with Crippen molar-refractivity contribution in [3.05, 3.63) is 81.5 Å². The van der Waals surface area contributed by atoms with Crippen LogP contribution in [0.4, 0.5) is 27.6 Å². The molecule has 0 fully saturated rings. The molecular weight excluding hydrogens is 648 g/mol. The number of carbonyl (C=O) groups is 4. The summed E-state index contributed by atoms with van der Waals surface area (Å²) in [6, 6.07) is 13.5. The van der Waals surface area contributed by atoms with Crippen LogP contribution in [-0.4, -0.2) is 48.8 Å². The highest BCUT2D eigenvalue weighted by atomic mass is 32.1. The molecule has 4 aromatic rings. The van der Waals surface area contributed by atoms with Gasteiger partial charge in [-0.2, -0.15) is 17.6 Å². The zero-order valence-corrected chi connectivity index (χ0v) is 26.6. The number of hydrogen-bond acceptors (Lipinski definition) is 8. The third-order valence-corrected chi connectivity index (χ3v) is 8.48. The molecule has 2 aromatic carbocycles. The molecule has 0 aliphatic rings. The highest BCUT2D eigenvalue weighted by molar-refractivity contribution is 7.15. The molecule has 2 aromatic heterocycles. The van der Waals surface area contributed by atoms with Gasteiger partial charge in [-0.05, 0) is 38.8 Å². The Labute approximate surface area is 269 Å². The minimum Gasteiger partial charge on any atom is -0.462 e. The van der Waals surface area contributed by atoms with Crippen LogP contribution >= 0.6 is 22.7 Å². The number of amides is 2. The number of ether oxygens (including phenoxy) is 2. The van der Waals surface area contributed by atoms with Gasteiger partial charge in [0.2, 0.25) is 0 Å². The maximum Gasteiger partial charge on any atom is 0.396 e. The van der Waals surface area contributed by atoms with Crippen LogP contribution in [0.25, 0.3) is 22.3 Å². The molecule has 2 heterocycles. The topological polar surface area (TPSA) is 111 Å². The van der Waals surface area contributed by atoms with Crippen molar-refractivity contribution in [3.8, 4) is 22.3 Å². The molecule has 242 valence electrons. The number of aryl methyl sites for hydroxylation is 2. The van der Waals surface area contributed by atoms with Gasteiger partial charge < -0.3 is 20.1 Å². The zero-order chi connectivity index (χ0) is 33.8. The van der Waals surface area contributed by atoms with Crippen LogP contribution in [0, 0.1) is 13.8 Å². The lowest BCUT2D eigenvalue weighted by Gasteiger charge is -2.24. The number of hydrogen-bond donors (Lipinski definition) is 2. The van der Waals surface area contributed by atoms with Crippen molar-refractivity contribution in [1.29, 1.82) is 0 Å². The van der Waals surface area contributed by atoms with E-state index in [0.29, 0.717) is 33.8 Å². The standard InChI is InChI=1S/C32H28F4N2O6S2/c1-5-43-27(39)23-21(19-11-7-17(3)8-12-19)15-45-25(23)37-29(41)31(33,34)32(35,36)30(42)38-26-24(28(40)44-6-2)22(16-46-26)20-13-9-18(4)10-14-20/h7-16H,5-6H2,1-4H3,(H,37,41)(H,38,42). The van der Waals surface area contributed by atoms with Crippen LogP contribution in [0.5, 0.6) is 0 Å². The molecule has 0 atom stereocenters. The Bertz CT molecular complexity index is 1640. The van der Waals surface area contributed by atoms with Crippen LogP contribution in [0.1, 0.15) is 45.7 Å². The molecular formula is C32H28F4N2O6S2. The molecule has 2 N–H and O–H groups in total. The fourth-order valence-electron chi connectivity index (χ4n) is 4.25. The van der Waals surface area contributed by atoms with Crippen molar-refractivity contribution in [3.63, 3.8) is 0 Å². The summed E-state index contributed by atoms with van der Waals surface area (Å²) in [5.74, 6) is -18.2. The first-order chi connectivity index (χ1) is 21.7. The van der Waals surface area contributed by atoms with E-state index in [0.717, 1.165) is 11.1 Å². The first kappa shape index (κ1) is 34.3. The van der Waals surface area contributed by atoms with Crippen LogP contribution in [0.2, 0.25) is 0 Å². The van der Waals surface area contributed by atoms with Gasteiger partial charge in [0, 0.05) is 21.9 Å². The van der Waals surface area contributed by atoms with Crippen LogP contribution in [-0.2, 0) is 19.1 Å². The lowest BCUT2D eigenvalue weighted by atomic mass is 10.0. The number of benzene rings is 2. The smallest absolute Gasteiger partial charge is 0.396 e. The van der Waals surface area contributed by atoms with Gasteiger partial charge in [0.05, 0.1) is 13.2 Å². The van der Waals surface area contributed by atoms with Crippen molar-refractivity contribution in [2.75, 3.05) is 23.8 Å². The number of rotatable bonds is 11. The fraction of sp³-hybridized carbons (Fsp3) is 0.250. The average Bonchev–Trinajstić information content (AvgIpc) is 3.62. The van der Waals surface area contributed by atoms with E-state index in [-0.39, 0.29) is 35.5 Å². The minimum atomic E-state index is -5.60. The Hall–Kier alpha value is -4.56. The molecule has 4 rings (SSSR count). The Morgan fingerprint density at radius 1 is 0.630 bits per heavy atom. The zero-order valence-electron chi connectivity index (χ0n) is 25.0. The molecule has 0 bridgehead atoms. The van der Waals surface area contributed by atoms with Gasteiger partial charge in [0.15, 0.2) is 0 Å². The van der Waals surface area contributed by atoms with Crippen molar-refractivity contribution in [1.82, 2.24) is 0 Å². The quantitative estimate of drug-likeness (QED) is 0.123. The number of thiophene rings is 2. The number of carbonyl (C=O) groups excluding carboxylic acids is 4. The van der Waals surface area contributed by atoms with E-state index >= 15 is 17.6 Å². The number of halogens is 4. The van der Waals surface area contributed by atoms with Crippen LogP contribution < -0.4 is 10.6 Å². The maximum absolute atomic E-state index is 15.2. The molecule has 8 nitrogen and oxygen atoms in total. The van der Waals surface area contributed by atoms with Gasteiger partial charge in [0.25, 0.3) is 0 Å². The van der Waals surface area contributed by atoms with E-state index in [1.54, 1.807) is 59.2 Å². The summed E-state index contributed by atoms with van der Waals surface area (Å²) < 4.78 is 70.7. The van der Waals surface area contributed by atoms with E-state index in [2.05, 4.69) is 0 Å². The normalized spacial score (nSPS) is 11.6. The molecule has 2 amide bonds. The molecule has 0 radical (unpaired) electrons. The largest absolute Gasteiger partial charge is 0.462 e.